The van der Waals surface area contributed by atoms with Gasteiger partial charge in [-0.05, 0) is 41.8 Å². The molecule has 0 aliphatic carbocycles. The Morgan fingerprint density at radius 1 is 1.29 bits per heavy atom. The van der Waals surface area contributed by atoms with Crippen LogP contribution in [-0.2, 0) is 9.53 Å². The largest absolute Gasteiger partial charge is 0.367 e. The molecule has 1 amide bonds. The fraction of sp³-hybridized carbons (Fsp3) is 0.450. The van der Waals surface area contributed by atoms with E-state index in [0.29, 0.717) is 12.0 Å². The number of thiophene rings is 1. The summed E-state index contributed by atoms with van der Waals surface area (Å²) in [4.78, 5) is 17.0. The van der Waals surface area contributed by atoms with E-state index in [-0.39, 0.29) is 11.9 Å². The third kappa shape index (κ3) is 2.32. The van der Waals surface area contributed by atoms with Gasteiger partial charge in [-0.2, -0.15) is 0 Å². The molecular weight excluding hydrogens is 318 g/mol. The minimum atomic E-state index is -0.507. The van der Waals surface area contributed by atoms with Crippen molar-refractivity contribution in [3.8, 4) is 0 Å². The molecule has 1 saturated heterocycles. The fourth-order valence-electron chi connectivity index (χ4n) is 4.54. The lowest BCUT2D eigenvalue weighted by Gasteiger charge is -2.41. The van der Waals surface area contributed by atoms with Gasteiger partial charge in [0.15, 0.2) is 6.10 Å². The lowest BCUT2D eigenvalue weighted by atomic mass is 9.88. The monoisotopic (exact) mass is 341 g/mol. The van der Waals surface area contributed by atoms with Crippen molar-refractivity contribution < 1.29 is 9.53 Å². The van der Waals surface area contributed by atoms with Gasteiger partial charge in [0.25, 0.3) is 5.91 Å². The molecule has 3 heterocycles. The Morgan fingerprint density at radius 2 is 2.08 bits per heavy atom. The van der Waals surface area contributed by atoms with Crippen molar-refractivity contribution in [1.29, 1.82) is 0 Å². The number of amides is 1. The predicted molar refractivity (Wildman–Crippen MR) is 96.2 cm³/mol. The van der Waals surface area contributed by atoms with Crippen LogP contribution in [0.3, 0.4) is 0 Å². The molecule has 2 aliphatic rings. The number of carbonyl (C=O) groups excluding carboxylic acids is 1. The van der Waals surface area contributed by atoms with Gasteiger partial charge in [-0.3, -0.25) is 4.79 Å². The number of nitrogens with zero attached hydrogens (tertiary/aromatic N) is 1. The summed E-state index contributed by atoms with van der Waals surface area (Å²) in [6, 6.07) is 12.6. The molecular formula is C20H23NO2S. The van der Waals surface area contributed by atoms with E-state index in [9.17, 15) is 4.79 Å². The van der Waals surface area contributed by atoms with Crippen LogP contribution in [0.25, 0.3) is 0 Å². The first-order chi connectivity index (χ1) is 11.8. The van der Waals surface area contributed by atoms with Crippen LogP contribution in [-0.4, -0.2) is 24.0 Å². The molecule has 1 fully saturated rings. The number of fused-ring (bicyclic) bond motifs is 4. The van der Waals surface area contributed by atoms with E-state index in [4.69, 9.17) is 4.74 Å². The molecule has 0 radical (unpaired) electrons. The summed E-state index contributed by atoms with van der Waals surface area (Å²) >= 11 is 1.86. The Balaban J connectivity index is 1.70. The number of methoxy groups -OCH3 is 1. The summed E-state index contributed by atoms with van der Waals surface area (Å²) in [6.45, 7) is 2.24. The summed E-state index contributed by atoms with van der Waals surface area (Å²) in [5, 5.41) is 2.18. The molecule has 0 N–H and O–H groups in total. The van der Waals surface area contributed by atoms with Gasteiger partial charge in [0, 0.05) is 23.9 Å². The zero-order chi connectivity index (χ0) is 16.7. The van der Waals surface area contributed by atoms with E-state index in [2.05, 4.69) is 23.3 Å². The topological polar surface area (TPSA) is 29.5 Å². The van der Waals surface area contributed by atoms with Crippen molar-refractivity contribution in [2.45, 2.75) is 50.3 Å². The Hall–Kier alpha value is -1.65. The zero-order valence-corrected chi connectivity index (χ0v) is 15.0. The van der Waals surface area contributed by atoms with Gasteiger partial charge < -0.3 is 9.64 Å². The Labute approximate surface area is 147 Å². The van der Waals surface area contributed by atoms with Crippen LogP contribution in [0.4, 0.5) is 0 Å². The van der Waals surface area contributed by atoms with Crippen LogP contribution >= 0.6 is 11.3 Å². The molecule has 1 aromatic heterocycles. The highest BCUT2D eigenvalue weighted by Gasteiger charge is 2.49. The van der Waals surface area contributed by atoms with Crippen LogP contribution < -0.4 is 0 Å². The summed E-state index contributed by atoms with van der Waals surface area (Å²) in [5.74, 6) is 0.586. The third-order valence-electron chi connectivity index (χ3n) is 5.57. The van der Waals surface area contributed by atoms with Gasteiger partial charge in [-0.1, -0.05) is 37.3 Å². The normalized spacial score (nSPS) is 26.2. The zero-order valence-electron chi connectivity index (χ0n) is 14.1. The standard InChI is InChI=1S/C20H23NO2S/c1-3-14-16-9-10-17(15-11-12-24-19(14)15)21(16)20(22)18(23-2)13-7-5-4-6-8-13/h4-8,11-12,14,16-18H,3,9-10H2,1-2H3/t14?,16?,17?,18-/m0/s1. The molecule has 126 valence electrons. The molecule has 24 heavy (non-hydrogen) atoms. The average Bonchev–Trinajstić information content (AvgIpc) is 3.23. The molecule has 2 aliphatic heterocycles. The van der Waals surface area contributed by atoms with Gasteiger partial charge in [-0.25, -0.2) is 0 Å². The summed E-state index contributed by atoms with van der Waals surface area (Å²) < 4.78 is 5.63. The highest BCUT2D eigenvalue weighted by atomic mass is 32.1. The average molecular weight is 341 g/mol. The maximum atomic E-state index is 13.4. The highest BCUT2D eigenvalue weighted by Crippen LogP contribution is 2.52. The molecule has 0 saturated carbocycles. The summed E-state index contributed by atoms with van der Waals surface area (Å²) in [7, 11) is 1.63. The molecule has 4 atom stereocenters. The second-order valence-corrected chi connectivity index (χ2v) is 7.64. The minimum absolute atomic E-state index is 0.117. The molecule has 2 bridgehead atoms. The van der Waals surface area contributed by atoms with Gasteiger partial charge in [0.05, 0.1) is 6.04 Å². The van der Waals surface area contributed by atoms with Crippen molar-refractivity contribution in [2.75, 3.05) is 7.11 Å². The van der Waals surface area contributed by atoms with Crippen LogP contribution in [0.5, 0.6) is 0 Å². The lowest BCUT2D eigenvalue weighted by Crippen LogP contribution is -2.46. The van der Waals surface area contributed by atoms with E-state index in [0.717, 1.165) is 24.8 Å². The molecule has 4 heteroatoms. The second kappa shape index (κ2) is 6.34. The Bertz CT molecular complexity index is 726. The van der Waals surface area contributed by atoms with Crippen molar-refractivity contribution in [2.24, 2.45) is 0 Å². The summed E-state index contributed by atoms with van der Waals surface area (Å²) in [5.41, 5.74) is 2.31. The van der Waals surface area contributed by atoms with Crippen LogP contribution in [0.2, 0.25) is 0 Å². The van der Waals surface area contributed by atoms with Gasteiger partial charge in [-0.15, -0.1) is 11.3 Å². The number of benzene rings is 1. The van der Waals surface area contributed by atoms with Crippen molar-refractivity contribution in [1.82, 2.24) is 4.90 Å². The maximum Gasteiger partial charge on any atom is 0.257 e. The number of ether oxygens (including phenoxy) is 1. The highest BCUT2D eigenvalue weighted by molar-refractivity contribution is 7.10. The van der Waals surface area contributed by atoms with E-state index in [1.54, 1.807) is 7.11 Å². The van der Waals surface area contributed by atoms with Crippen molar-refractivity contribution in [3.63, 3.8) is 0 Å². The first kappa shape index (κ1) is 15.9. The maximum absolute atomic E-state index is 13.4. The van der Waals surface area contributed by atoms with Gasteiger partial charge in [0.1, 0.15) is 0 Å². The third-order valence-corrected chi connectivity index (χ3v) is 6.64. The van der Waals surface area contributed by atoms with Gasteiger partial charge >= 0.3 is 0 Å². The van der Waals surface area contributed by atoms with E-state index < -0.39 is 6.10 Å². The number of hydrogen-bond donors (Lipinski definition) is 0. The first-order valence-electron chi connectivity index (χ1n) is 8.73. The van der Waals surface area contributed by atoms with Gasteiger partial charge in [0.2, 0.25) is 0 Å². The first-order valence-corrected chi connectivity index (χ1v) is 9.61. The number of rotatable bonds is 4. The molecule has 1 aromatic carbocycles. The number of carbonyl (C=O) groups is 1. The van der Waals surface area contributed by atoms with Crippen molar-refractivity contribution in [3.05, 3.63) is 57.8 Å². The number of hydrogen-bond acceptors (Lipinski definition) is 3. The minimum Gasteiger partial charge on any atom is -0.367 e. The Morgan fingerprint density at radius 3 is 2.79 bits per heavy atom. The smallest absolute Gasteiger partial charge is 0.257 e. The molecule has 3 unspecified atom stereocenters. The second-order valence-electron chi connectivity index (χ2n) is 6.69. The quantitative estimate of drug-likeness (QED) is 0.808. The van der Waals surface area contributed by atoms with Crippen LogP contribution in [0.1, 0.15) is 60.3 Å². The van der Waals surface area contributed by atoms with E-state index in [1.807, 2.05) is 41.7 Å². The van der Waals surface area contributed by atoms with E-state index >= 15 is 0 Å². The SMILES string of the molecule is CCC1c2sccc2C2CCC1N2C(=O)[C@@H](OC)c1ccccc1. The van der Waals surface area contributed by atoms with Crippen molar-refractivity contribution >= 4 is 17.2 Å². The molecule has 4 rings (SSSR count). The molecule has 2 aromatic rings. The predicted octanol–water partition coefficient (Wildman–Crippen LogP) is 4.68. The van der Waals surface area contributed by atoms with Crippen LogP contribution in [0.15, 0.2) is 41.8 Å². The molecule has 0 spiro atoms. The fourth-order valence-corrected chi connectivity index (χ4v) is 5.74. The molecule has 3 nitrogen and oxygen atoms in total. The Kier molecular flexibility index (Phi) is 4.19. The lowest BCUT2D eigenvalue weighted by molar-refractivity contribution is -0.146. The van der Waals surface area contributed by atoms with Crippen LogP contribution in [0, 0.1) is 0 Å². The summed E-state index contributed by atoms with van der Waals surface area (Å²) in [6.07, 6.45) is 2.74. The van der Waals surface area contributed by atoms with E-state index in [1.165, 1.54) is 10.4 Å².